The fourth-order valence-corrected chi connectivity index (χ4v) is 3.47. The summed E-state index contributed by atoms with van der Waals surface area (Å²) in [5.74, 6) is 0.223. The van der Waals surface area contributed by atoms with Crippen molar-refractivity contribution < 1.29 is 13.9 Å². The second kappa shape index (κ2) is 9.54. The first-order valence-corrected chi connectivity index (χ1v) is 10.8. The van der Waals surface area contributed by atoms with Gasteiger partial charge in [-0.05, 0) is 58.7 Å². The molecule has 1 N–H and O–H groups in total. The van der Waals surface area contributed by atoms with Crippen molar-refractivity contribution in [1.82, 2.24) is 19.6 Å². The van der Waals surface area contributed by atoms with E-state index in [2.05, 4.69) is 31.4 Å². The van der Waals surface area contributed by atoms with E-state index in [1.807, 2.05) is 13.0 Å². The number of rotatable bonds is 7. The molecule has 0 aliphatic heterocycles. The van der Waals surface area contributed by atoms with E-state index in [1.165, 1.54) is 10.7 Å². The zero-order valence-electron chi connectivity index (χ0n) is 16.9. The minimum absolute atomic E-state index is 0.134. The molecule has 0 radical (unpaired) electrons. The molecular weight excluding hydrogens is 501 g/mol. The molecule has 0 saturated heterocycles. The van der Waals surface area contributed by atoms with Crippen LogP contribution in [-0.4, -0.2) is 25.5 Å². The van der Waals surface area contributed by atoms with E-state index in [-0.39, 0.29) is 24.8 Å². The predicted octanol–water partition coefficient (Wildman–Crippen LogP) is 5.28. The number of ether oxygens (including phenoxy) is 1. The summed E-state index contributed by atoms with van der Waals surface area (Å²) < 4.78 is 23.2. The van der Waals surface area contributed by atoms with Gasteiger partial charge in [0.1, 0.15) is 11.6 Å². The van der Waals surface area contributed by atoms with Gasteiger partial charge in [0.2, 0.25) is 0 Å². The summed E-state index contributed by atoms with van der Waals surface area (Å²) in [6, 6.07) is 13.4. The van der Waals surface area contributed by atoms with Crippen molar-refractivity contribution in [3.63, 3.8) is 0 Å². The van der Waals surface area contributed by atoms with Gasteiger partial charge in [-0.25, -0.2) is 9.07 Å². The Morgan fingerprint density at radius 1 is 1.19 bits per heavy atom. The zero-order valence-corrected chi connectivity index (χ0v) is 19.3. The summed E-state index contributed by atoms with van der Waals surface area (Å²) in [5, 5.41) is 11.9. The lowest BCUT2D eigenvalue weighted by Gasteiger charge is -2.07. The van der Waals surface area contributed by atoms with Crippen molar-refractivity contribution in [2.45, 2.75) is 20.2 Å². The van der Waals surface area contributed by atoms with E-state index in [1.54, 1.807) is 53.5 Å². The number of carbonyl (C=O) groups is 1. The summed E-state index contributed by atoms with van der Waals surface area (Å²) in [6.07, 6.45) is 3.31. The van der Waals surface area contributed by atoms with Crippen molar-refractivity contribution in [2.75, 3.05) is 5.32 Å². The van der Waals surface area contributed by atoms with Gasteiger partial charge in [-0.15, -0.1) is 0 Å². The number of nitrogens with zero attached hydrogens (tertiary/aromatic N) is 4. The number of anilines is 1. The molecule has 2 aromatic heterocycles. The molecule has 4 aromatic rings. The minimum atomic E-state index is -0.428. The normalized spacial score (nSPS) is 10.9. The maximum absolute atomic E-state index is 13.9. The minimum Gasteiger partial charge on any atom is -0.471 e. The molecule has 2 aromatic carbocycles. The quantitative estimate of drug-likeness (QED) is 0.361. The van der Waals surface area contributed by atoms with E-state index in [0.717, 1.165) is 5.56 Å². The molecule has 32 heavy (non-hydrogen) atoms. The van der Waals surface area contributed by atoms with Crippen LogP contribution >= 0.6 is 27.5 Å². The number of hydrogen-bond donors (Lipinski definition) is 1. The van der Waals surface area contributed by atoms with Crippen LogP contribution in [0.4, 0.5) is 10.2 Å². The Labute approximate surface area is 196 Å². The topological polar surface area (TPSA) is 74.0 Å². The highest BCUT2D eigenvalue weighted by molar-refractivity contribution is 9.10. The maximum Gasteiger partial charge on any atom is 0.277 e. The third-order valence-corrected chi connectivity index (χ3v) is 5.61. The van der Waals surface area contributed by atoms with Gasteiger partial charge in [-0.3, -0.25) is 9.48 Å². The first-order chi connectivity index (χ1) is 15.4. The van der Waals surface area contributed by atoms with Crippen molar-refractivity contribution >= 4 is 39.3 Å². The van der Waals surface area contributed by atoms with Gasteiger partial charge in [-0.1, -0.05) is 29.8 Å². The first kappa shape index (κ1) is 22.0. The number of benzene rings is 2. The van der Waals surface area contributed by atoms with Crippen LogP contribution in [0.3, 0.4) is 0 Å². The standard InChI is InChI=1S/C22H18BrClFN5O2/c1-14-10-16(6-7-18(14)24)32-13-29-9-8-20(27-29)22(31)26-21-17(23)12-30(28-21)11-15-4-2-3-5-19(15)25/h2-10,12H,11,13H2,1H3,(H,26,28,31). The van der Waals surface area contributed by atoms with Gasteiger partial charge < -0.3 is 10.1 Å². The van der Waals surface area contributed by atoms with E-state index < -0.39 is 5.91 Å². The Balaban J connectivity index is 1.38. The number of nitrogens with one attached hydrogen (secondary N) is 1. The summed E-state index contributed by atoms with van der Waals surface area (Å²) >= 11 is 9.39. The molecular formula is C22H18BrClFN5O2. The Hall–Kier alpha value is -3.17. The van der Waals surface area contributed by atoms with Crippen LogP contribution in [0, 0.1) is 12.7 Å². The fraction of sp³-hybridized carbons (Fsp3) is 0.136. The SMILES string of the molecule is Cc1cc(OCn2ccc(C(=O)Nc3nn(Cc4ccccc4F)cc3Br)n2)ccc1Cl. The molecule has 0 aliphatic carbocycles. The first-order valence-electron chi connectivity index (χ1n) is 9.59. The lowest BCUT2D eigenvalue weighted by Crippen LogP contribution is -2.15. The smallest absolute Gasteiger partial charge is 0.277 e. The molecule has 0 atom stereocenters. The highest BCUT2D eigenvalue weighted by Crippen LogP contribution is 2.23. The second-order valence-corrected chi connectivity index (χ2v) is 8.26. The van der Waals surface area contributed by atoms with Crippen molar-refractivity contribution in [2.24, 2.45) is 0 Å². The molecule has 7 nitrogen and oxygen atoms in total. The summed E-state index contributed by atoms with van der Waals surface area (Å²) in [6.45, 7) is 2.26. The van der Waals surface area contributed by atoms with Crippen LogP contribution in [0.1, 0.15) is 21.6 Å². The van der Waals surface area contributed by atoms with Gasteiger partial charge >= 0.3 is 0 Å². The van der Waals surface area contributed by atoms with E-state index in [0.29, 0.717) is 26.6 Å². The molecule has 10 heteroatoms. The highest BCUT2D eigenvalue weighted by atomic mass is 79.9. The molecule has 2 heterocycles. The average molecular weight is 519 g/mol. The number of aromatic nitrogens is 4. The molecule has 0 saturated carbocycles. The number of carbonyl (C=O) groups excluding carboxylic acids is 1. The second-order valence-electron chi connectivity index (χ2n) is 6.99. The van der Waals surface area contributed by atoms with Crippen molar-refractivity contribution in [3.05, 3.63) is 93.1 Å². The molecule has 0 spiro atoms. The van der Waals surface area contributed by atoms with Gasteiger partial charge in [0.05, 0.1) is 11.0 Å². The maximum atomic E-state index is 13.9. The average Bonchev–Trinajstić information content (AvgIpc) is 3.37. The van der Waals surface area contributed by atoms with Crippen molar-refractivity contribution in [3.8, 4) is 5.75 Å². The van der Waals surface area contributed by atoms with Crippen LogP contribution in [0.2, 0.25) is 5.02 Å². The molecule has 1 amide bonds. The monoisotopic (exact) mass is 517 g/mol. The summed E-state index contributed by atoms with van der Waals surface area (Å²) in [7, 11) is 0. The fourth-order valence-electron chi connectivity index (χ4n) is 2.94. The van der Waals surface area contributed by atoms with Crippen LogP contribution in [0.15, 0.2) is 65.4 Å². The van der Waals surface area contributed by atoms with Crippen LogP contribution in [0.5, 0.6) is 5.75 Å². The third kappa shape index (κ3) is 5.17. The number of amides is 1. The third-order valence-electron chi connectivity index (χ3n) is 4.61. The molecule has 0 aliphatic rings. The van der Waals surface area contributed by atoms with Crippen LogP contribution < -0.4 is 10.1 Å². The highest BCUT2D eigenvalue weighted by Gasteiger charge is 2.15. The van der Waals surface area contributed by atoms with E-state index in [4.69, 9.17) is 16.3 Å². The molecule has 0 unspecified atom stereocenters. The Kier molecular flexibility index (Phi) is 6.57. The van der Waals surface area contributed by atoms with Crippen LogP contribution in [0.25, 0.3) is 0 Å². The molecule has 0 fully saturated rings. The largest absolute Gasteiger partial charge is 0.471 e. The van der Waals surface area contributed by atoms with Gasteiger partial charge in [0.25, 0.3) is 5.91 Å². The lowest BCUT2D eigenvalue weighted by molar-refractivity contribution is 0.101. The Morgan fingerprint density at radius 2 is 2.00 bits per heavy atom. The number of aryl methyl sites for hydroxylation is 1. The summed E-state index contributed by atoms with van der Waals surface area (Å²) in [5.41, 5.74) is 1.61. The van der Waals surface area contributed by atoms with Crippen LogP contribution in [-0.2, 0) is 13.3 Å². The molecule has 0 bridgehead atoms. The number of hydrogen-bond acceptors (Lipinski definition) is 4. The van der Waals surface area contributed by atoms with Gasteiger partial charge in [-0.2, -0.15) is 10.2 Å². The predicted molar refractivity (Wildman–Crippen MR) is 122 cm³/mol. The van der Waals surface area contributed by atoms with Crippen molar-refractivity contribution in [1.29, 1.82) is 0 Å². The van der Waals surface area contributed by atoms with E-state index >= 15 is 0 Å². The van der Waals surface area contributed by atoms with Gasteiger partial charge in [0.15, 0.2) is 18.2 Å². The Morgan fingerprint density at radius 3 is 2.78 bits per heavy atom. The van der Waals surface area contributed by atoms with Gasteiger partial charge in [0, 0.05) is 23.0 Å². The lowest BCUT2D eigenvalue weighted by atomic mass is 10.2. The Bertz CT molecular complexity index is 1270. The zero-order chi connectivity index (χ0) is 22.7. The summed E-state index contributed by atoms with van der Waals surface area (Å²) in [4.78, 5) is 12.6. The molecule has 164 valence electrons. The number of halogens is 3. The molecule has 4 rings (SSSR count). The van der Waals surface area contributed by atoms with E-state index in [9.17, 15) is 9.18 Å².